The van der Waals surface area contributed by atoms with Crippen molar-refractivity contribution in [3.05, 3.63) is 241 Å². The van der Waals surface area contributed by atoms with Gasteiger partial charge < -0.3 is 18.6 Å². The predicted octanol–water partition coefficient (Wildman–Crippen LogP) is 23.2. The molecular weight excluding hydrogens is 973 g/mol. The Balaban J connectivity index is 0.993. The van der Waals surface area contributed by atoms with Gasteiger partial charge in [-0.2, -0.15) is 0 Å². The molecule has 390 valence electrons. The lowest BCUT2D eigenvalue weighted by molar-refractivity contribution is 0.669. The lowest BCUT2D eigenvalue weighted by atomic mass is 9.86. The minimum Gasteiger partial charge on any atom is -0.455 e. The summed E-state index contributed by atoms with van der Waals surface area (Å²) < 4.78 is 13.4. The molecule has 4 heteroatoms. The maximum absolute atomic E-state index is 6.69. The van der Waals surface area contributed by atoms with Crippen LogP contribution >= 0.6 is 0 Å². The summed E-state index contributed by atoms with van der Waals surface area (Å²) in [6.45, 7) is 18.7. The fraction of sp³-hybridized carbons (Fsp3) is 0.158. The minimum absolute atomic E-state index is 0.203. The zero-order valence-corrected chi connectivity index (χ0v) is 46.8. The number of hydrogen-bond donors (Lipinski definition) is 0. The molecule has 0 N–H and O–H groups in total. The van der Waals surface area contributed by atoms with Crippen LogP contribution in [0.1, 0.15) is 101 Å². The first-order valence-electron chi connectivity index (χ1n) is 28.6. The van der Waals surface area contributed by atoms with E-state index in [4.69, 9.17) is 8.83 Å². The molecule has 2 heterocycles. The van der Waals surface area contributed by atoms with Gasteiger partial charge in [-0.1, -0.05) is 201 Å². The first kappa shape index (κ1) is 49.2. The Morgan fingerprint density at radius 3 is 1.01 bits per heavy atom. The quantitative estimate of drug-likeness (QED) is 0.114. The van der Waals surface area contributed by atoms with E-state index in [1.807, 2.05) is 0 Å². The van der Waals surface area contributed by atoms with Crippen LogP contribution in [-0.2, 0) is 0 Å². The topological polar surface area (TPSA) is 32.8 Å². The van der Waals surface area contributed by atoms with Crippen LogP contribution < -0.4 is 9.80 Å². The molecule has 0 spiro atoms. The van der Waals surface area contributed by atoms with Crippen molar-refractivity contribution in [1.29, 1.82) is 0 Å². The van der Waals surface area contributed by atoms with E-state index in [9.17, 15) is 0 Å². The van der Waals surface area contributed by atoms with E-state index in [1.165, 1.54) is 77.1 Å². The van der Waals surface area contributed by atoms with E-state index in [0.717, 1.165) is 77.8 Å². The van der Waals surface area contributed by atoms with Crippen LogP contribution in [0.5, 0.6) is 0 Å². The first-order chi connectivity index (χ1) is 39.0. The van der Waals surface area contributed by atoms with Crippen molar-refractivity contribution in [2.24, 2.45) is 0 Å². The molecule has 0 fully saturated rings. The summed E-state index contributed by atoms with van der Waals surface area (Å²) in [4.78, 5) is 5.13. The summed E-state index contributed by atoms with van der Waals surface area (Å²) >= 11 is 0. The van der Waals surface area contributed by atoms with Gasteiger partial charge in [0.25, 0.3) is 0 Å². The third kappa shape index (κ3) is 7.87. The fourth-order valence-electron chi connectivity index (χ4n) is 13.0. The Bertz CT molecular complexity index is 4320. The highest BCUT2D eigenvalue weighted by Crippen LogP contribution is 2.53. The number of nitrogens with zero attached hydrogens (tertiary/aromatic N) is 2. The lowest BCUT2D eigenvalue weighted by Crippen LogP contribution is -2.17. The summed E-state index contributed by atoms with van der Waals surface area (Å²) in [5.41, 5.74) is 20.4. The normalized spacial score (nSPS) is 12.2. The SMILES string of the molecule is CC(C)c1cc(-c2cccc3c2oc2ccccc23)cc(C(C)C)c1N(c1ccccc1)c1ccc2ccc3c(N(c4ccccc4)c4c(C(C)C)cc(-c5cccc6c5oc5ccccc56)cc4C(C)C)ccc4ccc1c2c43. The molecule has 0 bridgehead atoms. The van der Waals surface area contributed by atoms with Crippen molar-refractivity contribution in [3.8, 4) is 22.3 Å². The molecule has 0 aliphatic heterocycles. The maximum atomic E-state index is 6.69. The van der Waals surface area contributed by atoms with Crippen molar-refractivity contribution in [3.63, 3.8) is 0 Å². The smallest absolute Gasteiger partial charge is 0.143 e. The Labute approximate surface area is 468 Å². The average Bonchev–Trinajstić information content (AvgIpc) is 4.20. The second-order valence-corrected chi connectivity index (χ2v) is 23.1. The average molecular weight is 1040 g/mol. The van der Waals surface area contributed by atoms with Crippen LogP contribution in [0.15, 0.2) is 227 Å². The van der Waals surface area contributed by atoms with Gasteiger partial charge in [0, 0.05) is 54.8 Å². The van der Waals surface area contributed by atoms with Crippen molar-refractivity contribution in [2.45, 2.75) is 79.1 Å². The minimum atomic E-state index is 0.203. The molecule has 0 aliphatic carbocycles. The highest BCUT2D eigenvalue weighted by atomic mass is 16.3. The molecule has 0 aliphatic rings. The number of fused-ring (bicyclic) bond motifs is 6. The Kier molecular flexibility index (Phi) is 11.9. The molecule has 14 rings (SSSR count). The van der Waals surface area contributed by atoms with Gasteiger partial charge in [0.2, 0.25) is 0 Å². The number of para-hydroxylation sites is 6. The lowest BCUT2D eigenvalue weighted by Gasteiger charge is -2.34. The van der Waals surface area contributed by atoms with Gasteiger partial charge >= 0.3 is 0 Å². The van der Waals surface area contributed by atoms with E-state index in [0.29, 0.717) is 0 Å². The molecule has 2 aromatic heterocycles. The van der Waals surface area contributed by atoms with Crippen molar-refractivity contribution >= 4 is 110 Å². The zero-order valence-electron chi connectivity index (χ0n) is 46.8. The Hall–Kier alpha value is -9.12. The highest BCUT2D eigenvalue weighted by Gasteiger charge is 2.30. The molecule has 0 saturated heterocycles. The molecule has 0 radical (unpaired) electrons. The first-order valence-corrected chi connectivity index (χ1v) is 28.6. The van der Waals surface area contributed by atoms with Gasteiger partial charge in [0.05, 0.1) is 22.7 Å². The van der Waals surface area contributed by atoms with Gasteiger partial charge in [-0.15, -0.1) is 0 Å². The van der Waals surface area contributed by atoms with Gasteiger partial charge in [0.15, 0.2) is 0 Å². The molecule has 0 unspecified atom stereocenters. The van der Waals surface area contributed by atoms with Crippen LogP contribution in [0.4, 0.5) is 34.1 Å². The fourth-order valence-corrected chi connectivity index (χ4v) is 13.0. The number of rotatable bonds is 12. The molecule has 4 nitrogen and oxygen atoms in total. The van der Waals surface area contributed by atoms with Crippen LogP contribution in [0.3, 0.4) is 0 Å². The standard InChI is InChI=1S/C76H64N2O2/c1-45(2)63-41-51(55-27-19-29-59-57-25-15-17-31-69(57)79-75(55)59)42-64(46(3)4)73(63)77(53-21-11-9-12-22-53)67-39-35-49-34-38-62-68(40-36-50-33-37-61(67)71(49)72(50)62)78(54-23-13-10-14-24-54)74-65(47(5)6)43-52(44-66(74)48(7)8)56-28-20-30-60-58-26-16-18-32-70(58)80-76(56)60/h9-48H,1-8H3. The van der Waals surface area contributed by atoms with Gasteiger partial charge in [-0.25, -0.2) is 0 Å². The Morgan fingerprint density at radius 1 is 0.300 bits per heavy atom. The van der Waals surface area contributed by atoms with Crippen molar-refractivity contribution < 1.29 is 8.83 Å². The van der Waals surface area contributed by atoms with E-state index >= 15 is 0 Å². The highest BCUT2D eigenvalue weighted by molar-refractivity contribution is 6.28. The van der Waals surface area contributed by atoms with Gasteiger partial charge in [-0.05, 0) is 151 Å². The van der Waals surface area contributed by atoms with Crippen LogP contribution in [0.2, 0.25) is 0 Å². The number of anilines is 6. The molecule has 0 amide bonds. The Morgan fingerprint density at radius 2 is 0.637 bits per heavy atom. The number of hydrogen-bond acceptors (Lipinski definition) is 4. The third-order valence-corrected chi connectivity index (χ3v) is 16.8. The summed E-state index contributed by atoms with van der Waals surface area (Å²) in [5.74, 6) is 0.812. The van der Waals surface area contributed by atoms with E-state index < -0.39 is 0 Å². The maximum Gasteiger partial charge on any atom is 0.143 e. The van der Waals surface area contributed by atoms with Gasteiger partial charge in [0.1, 0.15) is 22.3 Å². The summed E-state index contributed by atoms with van der Waals surface area (Å²) in [7, 11) is 0. The van der Waals surface area contributed by atoms with Crippen LogP contribution in [0, 0.1) is 0 Å². The third-order valence-electron chi connectivity index (χ3n) is 16.8. The zero-order chi connectivity index (χ0) is 54.5. The second kappa shape index (κ2) is 19.4. The summed E-state index contributed by atoms with van der Waals surface area (Å²) in [6.07, 6.45) is 0. The van der Waals surface area contributed by atoms with E-state index in [-0.39, 0.29) is 23.7 Å². The molecule has 0 saturated carbocycles. The number of benzene rings is 12. The predicted molar refractivity (Wildman–Crippen MR) is 341 cm³/mol. The molecular formula is C76H64N2O2. The summed E-state index contributed by atoms with van der Waals surface area (Å²) in [6, 6.07) is 80.6. The van der Waals surface area contributed by atoms with E-state index in [1.54, 1.807) is 0 Å². The van der Waals surface area contributed by atoms with Crippen molar-refractivity contribution in [2.75, 3.05) is 9.80 Å². The molecule has 12 aromatic carbocycles. The van der Waals surface area contributed by atoms with Crippen LogP contribution in [0.25, 0.3) is 98.4 Å². The second-order valence-electron chi connectivity index (χ2n) is 23.1. The summed E-state index contributed by atoms with van der Waals surface area (Å²) in [5, 5.41) is 11.9. The van der Waals surface area contributed by atoms with Crippen molar-refractivity contribution in [1.82, 2.24) is 0 Å². The van der Waals surface area contributed by atoms with Gasteiger partial charge in [-0.3, -0.25) is 0 Å². The molecule has 0 atom stereocenters. The number of furan rings is 2. The molecule has 14 aromatic rings. The monoisotopic (exact) mass is 1040 g/mol. The largest absolute Gasteiger partial charge is 0.455 e. The van der Waals surface area contributed by atoms with Crippen LogP contribution in [-0.4, -0.2) is 0 Å². The van der Waals surface area contributed by atoms with E-state index in [2.05, 4.69) is 284 Å². The molecule has 80 heavy (non-hydrogen) atoms.